The third kappa shape index (κ3) is 6.67. The number of fused-ring (bicyclic) bond motifs is 1. The van der Waals surface area contributed by atoms with Crippen LogP contribution in [0.15, 0.2) is 18.2 Å². The molecule has 0 fully saturated rings. The lowest BCUT2D eigenvalue weighted by atomic mass is 10.0. The van der Waals surface area contributed by atoms with Crippen molar-refractivity contribution in [3.63, 3.8) is 0 Å². The quantitative estimate of drug-likeness (QED) is 0.467. The Morgan fingerprint density at radius 2 is 2.08 bits per heavy atom. The van der Waals surface area contributed by atoms with E-state index in [2.05, 4.69) is 19.3 Å². The zero-order chi connectivity index (χ0) is 17.4. The van der Waals surface area contributed by atoms with Crippen molar-refractivity contribution in [3.05, 3.63) is 23.8 Å². The molecule has 1 unspecified atom stereocenters. The van der Waals surface area contributed by atoms with Crippen molar-refractivity contribution in [1.29, 1.82) is 0 Å². The monoisotopic (exact) mass is 349 g/mol. The normalized spacial score (nSPS) is 14.6. The van der Waals surface area contributed by atoms with E-state index in [1.807, 2.05) is 23.1 Å². The van der Waals surface area contributed by atoms with E-state index in [-0.39, 0.29) is 13.3 Å². The number of rotatable bonds is 9. The molecule has 1 aliphatic rings. The van der Waals surface area contributed by atoms with Gasteiger partial charge >= 0.3 is 0 Å². The summed E-state index contributed by atoms with van der Waals surface area (Å²) in [5.74, 6) is 0.147. The Hall–Kier alpha value is -1.59. The minimum atomic E-state index is 0. The van der Waals surface area contributed by atoms with Gasteiger partial charge in [0.2, 0.25) is 5.91 Å². The molecule has 5 nitrogen and oxygen atoms in total. The zero-order valence-corrected chi connectivity index (χ0v) is 15.2. The summed E-state index contributed by atoms with van der Waals surface area (Å²) in [4.78, 5) is 16.0. The molecule has 25 heavy (non-hydrogen) atoms. The average molecular weight is 350 g/mol. The number of carbonyl (C=O) groups is 1. The van der Waals surface area contributed by atoms with E-state index in [1.165, 1.54) is 24.9 Å². The molecule has 0 aromatic heterocycles. The van der Waals surface area contributed by atoms with E-state index in [4.69, 9.17) is 5.73 Å². The lowest BCUT2D eigenvalue weighted by molar-refractivity contribution is -0.879. The van der Waals surface area contributed by atoms with E-state index in [0.717, 1.165) is 50.3 Å². The number of nitrogen functional groups attached to an aromatic ring is 1. The molecule has 0 saturated heterocycles. The van der Waals surface area contributed by atoms with Crippen LogP contribution < -0.4 is 20.9 Å². The molecule has 0 radical (unpaired) electrons. The van der Waals surface area contributed by atoms with Gasteiger partial charge in [-0.15, -0.1) is 0 Å². The number of benzene rings is 1. The minimum absolute atomic E-state index is 0. The largest absolute Gasteiger partial charge is 0.399 e. The number of nitrogens with two attached hydrogens (primary N) is 1. The Morgan fingerprint density at radius 3 is 2.84 bits per heavy atom. The average Bonchev–Trinajstić information content (AvgIpc) is 2.58. The fraction of sp³-hybridized carbons (Fsp3) is 0.650. The molecule has 142 valence electrons. The van der Waals surface area contributed by atoms with E-state index < -0.39 is 0 Å². The van der Waals surface area contributed by atoms with E-state index in [1.54, 1.807) is 4.90 Å². The molecule has 1 amide bonds. The molecule has 0 bridgehead atoms. The number of nitrogens with one attached hydrogen (secondary N) is 2. The lowest BCUT2D eigenvalue weighted by Gasteiger charge is -2.30. The molecule has 2 rings (SSSR count). The Labute approximate surface area is 153 Å². The SMILES string of the molecule is C.CCCC[NH+](C)CCCNCC(=O)N1CCCc2ccc(N)cc21. The first kappa shape index (κ1) is 21.5. The Morgan fingerprint density at radius 1 is 1.32 bits per heavy atom. The second-order valence-corrected chi connectivity index (χ2v) is 6.88. The molecule has 4 N–H and O–H groups in total. The molecule has 0 spiro atoms. The zero-order valence-electron chi connectivity index (χ0n) is 15.2. The number of carbonyl (C=O) groups excluding carboxylic acids is 1. The first-order valence-corrected chi connectivity index (χ1v) is 9.32. The van der Waals surface area contributed by atoms with Gasteiger partial charge < -0.3 is 20.9 Å². The van der Waals surface area contributed by atoms with Crippen molar-refractivity contribution < 1.29 is 9.69 Å². The third-order valence-electron chi connectivity index (χ3n) is 4.72. The molecule has 1 aromatic carbocycles. The highest BCUT2D eigenvalue weighted by Crippen LogP contribution is 2.28. The first-order valence-electron chi connectivity index (χ1n) is 9.32. The number of nitrogens with zero attached hydrogens (tertiary/aromatic N) is 1. The number of hydrogen-bond acceptors (Lipinski definition) is 3. The summed E-state index contributed by atoms with van der Waals surface area (Å²) in [6, 6.07) is 5.90. The topological polar surface area (TPSA) is 62.8 Å². The van der Waals surface area contributed by atoms with Crippen LogP contribution in [0, 0.1) is 0 Å². The molecular weight excluding hydrogens is 312 g/mol. The molecule has 1 heterocycles. The number of unbranched alkanes of at least 4 members (excludes halogenated alkanes) is 1. The van der Waals surface area contributed by atoms with Gasteiger partial charge in [-0.05, 0) is 37.0 Å². The van der Waals surface area contributed by atoms with Gasteiger partial charge in [0.05, 0.1) is 26.7 Å². The van der Waals surface area contributed by atoms with Gasteiger partial charge in [0.15, 0.2) is 0 Å². The Bertz CT molecular complexity index is 532. The van der Waals surface area contributed by atoms with E-state index >= 15 is 0 Å². The predicted molar refractivity (Wildman–Crippen MR) is 107 cm³/mol. The first-order chi connectivity index (χ1) is 11.6. The molecule has 1 aliphatic heterocycles. The van der Waals surface area contributed by atoms with Gasteiger partial charge in [-0.25, -0.2) is 0 Å². The number of quaternary nitrogens is 1. The highest BCUT2D eigenvalue weighted by Gasteiger charge is 2.22. The summed E-state index contributed by atoms with van der Waals surface area (Å²) < 4.78 is 0. The maximum Gasteiger partial charge on any atom is 0.240 e. The van der Waals surface area contributed by atoms with Crippen molar-refractivity contribution in [2.75, 3.05) is 50.4 Å². The summed E-state index contributed by atoms with van der Waals surface area (Å²) in [6.07, 6.45) is 5.70. The van der Waals surface area contributed by atoms with Crippen LogP contribution in [0.3, 0.4) is 0 Å². The second-order valence-electron chi connectivity index (χ2n) is 6.88. The van der Waals surface area contributed by atoms with Gasteiger partial charge in [-0.3, -0.25) is 4.79 Å². The van der Waals surface area contributed by atoms with Crippen LogP contribution in [0.2, 0.25) is 0 Å². The number of aryl methyl sites for hydroxylation is 1. The van der Waals surface area contributed by atoms with Crippen molar-refractivity contribution in [1.82, 2.24) is 5.32 Å². The summed E-state index contributed by atoms with van der Waals surface area (Å²) in [5.41, 5.74) is 8.84. The van der Waals surface area contributed by atoms with Crippen LogP contribution >= 0.6 is 0 Å². The molecule has 5 heteroatoms. The summed E-state index contributed by atoms with van der Waals surface area (Å²) >= 11 is 0. The van der Waals surface area contributed by atoms with Crippen molar-refractivity contribution in [3.8, 4) is 0 Å². The fourth-order valence-corrected chi connectivity index (χ4v) is 3.26. The third-order valence-corrected chi connectivity index (χ3v) is 4.72. The highest BCUT2D eigenvalue weighted by atomic mass is 16.2. The molecule has 0 saturated carbocycles. The minimum Gasteiger partial charge on any atom is -0.399 e. The smallest absolute Gasteiger partial charge is 0.240 e. The van der Waals surface area contributed by atoms with Gasteiger partial charge in [0, 0.05) is 30.9 Å². The Balaban J connectivity index is 0.00000312. The predicted octanol–water partition coefficient (Wildman–Crippen LogP) is 1.48. The summed E-state index contributed by atoms with van der Waals surface area (Å²) in [7, 11) is 2.25. The number of anilines is 2. The highest BCUT2D eigenvalue weighted by molar-refractivity contribution is 5.96. The van der Waals surface area contributed by atoms with Gasteiger partial charge in [-0.1, -0.05) is 26.8 Å². The van der Waals surface area contributed by atoms with Gasteiger partial charge in [0.25, 0.3) is 0 Å². The van der Waals surface area contributed by atoms with Crippen molar-refractivity contribution >= 4 is 17.3 Å². The van der Waals surface area contributed by atoms with E-state index in [9.17, 15) is 4.79 Å². The van der Waals surface area contributed by atoms with Gasteiger partial charge in [-0.2, -0.15) is 0 Å². The number of hydrogen-bond donors (Lipinski definition) is 3. The van der Waals surface area contributed by atoms with Crippen LogP contribution in [0.4, 0.5) is 11.4 Å². The maximum absolute atomic E-state index is 12.5. The van der Waals surface area contributed by atoms with Crippen LogP contribution in [0.1, 0.15) is 45.6 Å². The maximum atomic E-state index is 12.5. The van der Waals surface area contributed by atoms with Crippen molar-refractivity contribution in [2.24, 2.45) is 0 Å². The second kappa shape index (κ2) is 11.1. The van der Waals surface area contributed by atoms with Crippen LogP contribution in [-0.2, 0) is 11.2 Å². The number of amides is 1. The van der Waals surface area contributed by atoms with Crippen LogP contribution in [0.5, 0.6) is 0 Å². The van der Waals surface area contributed by atoms with Crippen LogP contribution in [0.25, 0.3) is 0 Å². The van der Waals surface area contributed by atoms with Gasteiger partial charge in [0.1, 0.15) is 0 Å². The summed E-state index contributed by atoms with van der Waals surface area (Å²) in [5, 5.41) is 3.30. The molecule has 1 aromatic rings. The Kier molecular flexibility index (Phi) is 9.53. The van der Waals surface area contributed by atoms with Crippen molar-refractivity contribution in [2.45, 2.75) is 46.5 Å². The van der Waals surface area contributed by atoms with Crippen LogP contribution in [-0.4, -0.2) is 45.7 Å². The molecular formula is C20H37N4O+. The fourth-order valence-electron chi connectivity index (χ4n) is 3.26. The molecule has 1 atom stereocenters. The standard InChI is InChI=1S/C19H32N4O.CH4/c1-3-4-11-22(2)12-6-10-21-15-19(24)23-13-5-7-16-8-9-17(20)14-18(16)23;/h8-9,14,21H,3-7,10-13,15,20H2,1-2H3;1H4/p+1. The van der Waals surface area contributed by atoms with E-state index in [0.29, 0.717) is 6.54 Å². The lowest BCUT2D eigenvalue weighted by Crippen LogP contribution is -3.09. The summed E-state index contributed by atoms with van der Waals surface area (Å²) in [6.45, 7) is 6.72. The molecule has 0 aliphatic carbocycles.